The highest BCUT2D eigenvalue weighted by Gasteiger charge is 2.54. The highest BCUT2D eigenvalue weighted by Crippen LogP contribution is 2.26. The van der Waals surface area contributed by atoms with E-state index < -0.39 is 9.05 Å². The molecule has 0 aliphatic carbocycles. The summed E-state index contributed by atoms with van der Waals surface area (Å²) in [7, 11) is -1.86. The maximum Gasteiger partial charge on any atom is 0.680 e. The van der Waals surface area contributed by atoms with Gasteiger partial charge in [-0.3, -0.25) is 4.90 Å². The van der Waals surface area contributed by atoms with Gasteiger partial charge in [0.2, 0.25) is 0 Å². The quantitative estimate of drug-likeness (QED) is 0.252. The lowest BCUT2D eigenvalue weighted by Crippen LogP contribution is -2.65. The van der Waals surface area contributed by atoms with E-state index in [1.165, 1.54) is 0 Å². The van der Waals surface area contributed by atoms with Gasteiger partial charge in [0.15, 0.2) is 0 Å². The third-order valence-corrected chi connectivity index (χ3v) is 6.55. The van der Waals surface area contributed by atoms with Crippen LogP contribution in [0, 0.1) is 0 Å². The lowest BCUT2D eigenvalue weighted by molar-refractivity contribution is -0.158. The van der Waals surface area contributed by atoms with Gasteiger partial charge in [0.1, 0.15) is 0 Å². The van der Waals surface area contributed by atoms with Crippen LogP contribution in [0.5, 0.6) is 0 Å². The van der Waals surface area contributed by atoms with Gasteiger partial charge >= 0.3 is 9.05 Å². The Labute approximate surface area is 169 Å². The zero-order chi connectivity index (χ0) is 20.2. The molecule has 0 spiro atoms. The Morgan fingerprint density at radius 3 is 1.43 bits per heavy atom. The molecule has 8 nitrogen and oxygen atoms in total. The Morgan fingerprint density at radius 1 is 0.786 bits per heavy atom. The Morgan fingerprint density at radius 2 is 1.14 bits per heavy atom. The van der Waals surface area contributed by atoms with Gasteiger partial charge in [-0.1, -0.05) is 18.2 Å². The number of hydrogen-bond donors (Lipinski definition) is 0. The Kier molecular flexibility index (Phi) is 10.6. The van der Waals surface area contributed by atoms with Crippen LogP contribution in [0.2, 0.25) is 0 Å². The van der Waals surface area contributed by atoms with Crippen molar-refractivity contribution >= 4 is 9.05 Å². The van der Waals surface area contributed by atoms with Crippen molar-refractivity contribution in [2.75, 3.05) is 66.4 Å². The number of rotatable bonds is 13. The van der Waals surface area contributed by atoms with Crippen LogP contribution in [0.25, 0.3) is 0 Å². The molecule has 0 radical (unpaired) electrons. The fourth-order valence-electron chi connectivity index (χ4n) is 3.15. The van der Waals surface area contributed by atoms with Crippen molar-refractivity contribution in [2.45, 2.75) is 18.3 Å². The van der Waals surface area contributed by atoms with E-state index >= 15 is 0 Å². The van der Waals surface area contributed by atoms with E-state index in [9.17, 15) is 0 Å². The molecule has 0 amide bonds. The van der Waals surface area contributed by atoms with E-state index in [2.05, 4.69) is 24.6 Å². The number of fused-ring (bicyclic) bond motifs is 6. The summed E-state index contributed by atoms with van der Waals surface area (Å²) in [6, 6.07) is 0. The molecule has 0 saturated carbocycles. The van der Waals surface area contributed by atoms with Crippen molar-refractivity contribution in [3.05, 3.63) is 38.0 Å². The Bertz CT molecular complexity index is 428. The normalized spacial score (nSPS) is 32.9. The lowest BCUT2D eigenvalue weighted by Gasteiger charge is -2.45. The zero-order valence-electron chi connectivity index (χ0n) is 16.8. The predicted molar refractivity (Wildman–Crippen MR) is 107 cm³/mol. The molecule has 0 N–H and O–H groups in total. The van der Waals surface area contributed by atoms with E-state index in [1.54, 1.807) is 25.3 Å². The SMILES string of the molecule is C=CCOCC1CN2CC(COCC=C)O[Si](OC)(O1)OC(COCC=C)C2. The summed E-state index contributed by atoms with van der Waals surface area (Å²) in [6.45, 7) is 15.6. The van der Waals surface area contributed by atoms with Crippen LogP contribution in [-0.2, 0) is 31.9 Å². The van der Waals surface area contributed by atoms with Crippen LogP contribution in [0.1, 0.15) is 0 Å². The molecule has 3 rings (SSSR count). The molecule has 28 heavy (non-hydrogen) atoms. The molecule has 2 bridgehead atoms. The van der Waals surface area contributed by atoms with Crippen molar-refractivity contribution < 1.29 is 31.9 Å². The van der Waals surface area contributed by atoms with Gasteiger partial charge in [-0.2, -0.15) is 0 Å². The molecule has 0 aromatic heterocycles. The minimum Gasteiger partial charge on any atom is -0.375 e. The number of nitrogens with zero attached hydrogens (tertiary/aromatic N) is 1. The van der Waals surface area contributed by atoms with Crippen LogP contribution in [0.15, 0.2) is 38.0 Å². The second-order valence-electron chi connectivity index (χ2n) is 6.62. The van der Waals surface area contributed by atoms with Gasteiger partial charge < -0.3 is 31.9 Å². The summed E-state index contributed by atoms with van der Waals surface area (Å²) in [5.41, 5.74) is 0. The number of hydrogen-bond acceptors (Lipinski definition) is 8. The summed E-state index contributed by atoms with van der Waals surface area (Å²) >= 11 is 0. The molecule has 3 heterocycles. The highest BCUT2D eigenvalue weighted by molar-refractivity contribution is 6.53. The minimum atomic E-state index is -3.42. The molecule has 3 aliphatic rings. The van der Waals surface area contributed by atoms with Gasteiger partial charge in [0.05, 0.1) is 58.0 Å². The van der Waals surface area contributed by atoms with Crippen molar-refractivity contribution in [3.8, 4) is 0 Å². The van der Waals surface area contributed by atoms with Gasteiger partial charge in [-0.25, -0.2) is 0 Å². The molecule has 3 saturated heterocycles. The Hall–Kier alpha value is -0.883. The molecular formula is C19H33NO7Si. The second-order valence-corrected chi connectivity index (χ2v) is 8.74. The van der Waals surface area contributed by atoms with Gasteiger partial charge in [0.25, 0.3) is 0 Å². The van der Waals surface area contributed by atoms with Gasteiger partial charge in [-0.05, 0) is 0 Å². The standard InChI is InChI=1S/C19H33NO7Si/c1-5-8-22-14-17-11-20-12-18(15-23-9-6-2)26-28(21-4,25-17)27-19(13-20)16-24-10-7-3/h5-7,17-19H,1-3,8-16H2,4H3. The second kappa shape index (κ2) is 12.6. The smallest absolute Gasteiger partial charge is 0.375 e. The van der Waals surface area contributed by atoms with Crippen molar-refractivity contribution in [1.29, 1.82) is 0 Å². The van der Waals surface area contributed by atoms with Crippen LogP contribution in [0.3, 0.4) is 0 Å². The maximum atomic E-state index is 6.24. The highest BCUT2D eigenvalue weighted by atomic mass is 28.4. The van der Waals surface area contributed by atoms with Crippen molar-refractivity contribution in [3.63, 3.8) is 0 Å². The molecular weight excluding hydrogens is 382 g/mol. The van der Waals surface area contributed by atoms with Crippen molar-refractivity contribution in [1.82, 2.24) is 4.90 Å². The van der Waals surface area contributed by atoms with Crippen LogP contribution >= 0.6 is 0 Å². The molecule has 160 valence electrons. The average Bonchev–Trinajstić information content (AvgIpc) is 2.64. The van der Waals surface area contributed by atoms with E-state index in [4.69, 9.17) is 31.9 Å². The summed E-state index contributed by atoms with van der Waals surface area (Å²) < 4.78 is 41.2. The molecule has 3 atom stereocenters. The van der Waals surface area contributed by atoms with E-state index in [0.29, 0.717) is 59.3 Å². The first-order chi connectivity index (χ1) is 13.6. The monoisotopic (exact) mass is 415 g/mol. The first kappa shape index (κ1) is 23.4. The van der Waals surface area contributed by atoms with Gasteiger partial charge in [0, 0.05) is 26.7 Å². The Balaban J connectivity index is 2.12. The van der Waals surface area contributed by atoms with Crippen LogP contribution in [-0.4, -0.2) is 98.6 Å². The summed E-state index contributed by atoms with van der Waals surface area (Å²) in [5.74, 6) is 0. The largest absolute Gasteiger partial charge is 0.680 e. The first-order valence-electron chi connectivity index (χ1n) is 9.51. The molecule has 9 heteroatoms. The van der Waals surface area contributed by atoms with Crippen molar-refractivity contribution in [2.24, 2.45) is 0 Å². The molecule has 0 aromatic carbocycles. The number of ether oxygens (including phenoxy) is 3. The summed E-state index contributed by atoms with van der Waals surface area (Å²) in [6.07, 6.45) is 4.45. The fraction of sp³-hybridized carbons (Fsp3) is 0.684. The summed E-state index contributed by atoms with van der Waals surface area (Å²) in [4.78, 5) is 2.24. The zero-order valence-corrected chi connectivity index (χ0v) is 17.8. The fourth-order valence-corrected chi connectivity index (χ4v) is 5.26. The maximum absolute atomic E-state index is 6.24. The lowest BCUT2D eigenvalue weighted by atomic mass is 10.2. The average molecular weight is 416 g/mol. The minimum absolute atomic E-state index is 0.225. The molecule has 3 unspecified atom stereocenters. The third-order valence-electron chi connectivity index (χ3n) is 4.19. The van der Waals surface area contributed by atoms with Crippen LogP contribution in [0.4, 0.5) is 0 Å². The third kappa shape index (κ3) is 7.51. The summed E-state index contributed by atoms with van der Waals surface area (Å²) in [5, 5.41) is 0. The molecule has 3 fully saturated rings. The molecule has 3 aliphatic heterocycles. The van der Waals surface area contributed by atoms with E-state index in [-0.39, 0.29) is 18.3 Å². The van der Waals surface area contributed by atoms with Crippen LogP contribution < -0.4 is 0 Å². The first-order valence-corrected chi connectivity index (χ1v) is 11.1. The van der Waals surface area contributed by atoms with Gasteiger partial charge in [-0.15, -0.1) is 19.7 Å². The van der Waals surface area contributed by atoms with E-state index in [1.807, 2.05) is 0 Å². The molecule has 0 aromatic rings. The predicted octanol–water partition coefficient (Wildman–Crippen LogP) is 1.16. The van der Waals surface area contributed by atoms with E-state index in [0.717, 1.165) is 0 Å². The topological polar surface area (TPSA) is 67.9 Å².